The molecule has 6 heteroatoms. The highest BCUT2D eigenvalue weighted by Gasteiger charge is 2.38. The van der Waals surface area contributed by atoms with Crippen molar-refractivity contribution in [1.82, 2.24) is 0 Å². The van der Waals surface area contributed by atoms with Gasteiger partial charge in [0, 0.05) is 0 Å². The summed E-state index contributed by atoms with van der Waals surface area (Å²) < 4.78 is 39.2. The minimum atomic E-state index is -3.45. The van der Waals surface area contributed by atoms with Crippen LogP contribution in [0.15, 0.2) is 18.2 Å². The Kier molecular flexibility index (Phi) is 5.25. The molecule has 0 heterocycles. The van der Waals surface area contributed by atoms with Gasteiger partial charge in [-0.25, -0.2) is 13.2 Å². The maximum Gasteiger partial charge on any atom is 0.289 e. The molecule has 0 bridgehead atoms. The van der Waals surface area contributed by atoms with Crippen molar-refractivity contribution in [2.75, 3.05) is 6.61 Å². The first-order chi connectivity index (χ1) is 6.90. The Balaban J connectivity index is 0.00000225. The van der Waals surface area contributed by atoms with Crippen molar-refractivity contribution >= 4 is 12.4 Å². The maximum atomic E-state index is 13.1. The van der Waals surface area contributed by atoms with Crippen LogP contribution in [0.1, 0.15) is 17.2 Å². The summed E-state index contributed by atoms with van der Waals surface area (Å²) >= 11 is 0. The Morgan fingerprint density at radius 3 is 2.50 bits per heavy atom. The normalized spacial score (nSPS) is 13.1. The molecule has 0 spiro atoms. The second-order valence-corrected chi connectivity index (χ2v) is 3.35. The van der Waals surface area contributed by atoms with Crippen molar-refractivity contribution < 1.29 is 18.3 Å². The lowest BCUT2D eigenvalue weighted by molar-refractivity contribution is -0.0713. The number of rotatable bonds is 3. The number of benzene rings is 1. The highest BCUT2D eigenvalue weighted by molar-refractivity contribution is 5.85. The number of aliphatic hydroxyl groups is 1. The summed E-state index contributed by atoms with van der Waals surface area (Å²) in [6.45, 7) is 0.0160. The third kappa shape index (κ3) is 2.87. The van der Waals surface area contributed by atoms with E-state index in [0.29, 0.717) is 0 Å². The van der Waals surface area contributed by atoms with E-state index in [0.717, 1.165) is 0 Å². The minimum absolute atomic E-state index is 0. The summed E-state index contributed by atoms with van der Waals surface area (Å²) in [7, 11) is 0. The number of hydrogen-bond acceptors (Lipinski definition) is 2. The SMILES string of the molecule is Cc1c(F)cccc1[C@@H](N)C(F)(F)CO.Cl. The van der Waals surface area contributed by atoms with Crippen LogP contribution in [0, 0.1) is 12.7 Å². The first kappa shape index (κ1) is 15.2. The van der Waals surface area contributed by atoms with Crippen molar-refractivity contribution in [3.63, 3.8) is 0 Å². The van der Waals surface area contributed by atoms with Crippen LogP contribution < -0.4 is 5.73 Å². The summed E-state index contributed by atoms with van der Waals surface area (Å²) in [5.41, 5.74) is 5.37. The molecule has 0 aliphatic rings. The molecule has 92 valence electrons. The Bertz CT molecular complexity index is 360. The summed E-state index contributed by atoms with van der Waals surface area (Å²) in [6.07, 6.45) is 0. The van der Waals surface area contributed by atoms with Crippen LogP contribution in [-0.4, -0.2) is 17.6 Å². The summed E-state index contributed by atoms with van der Waals surface area (Å²) in [5, 5.41) is 8.46. The predicted molar refractivity (Wildman–Crippen MR) is 57.3 cm³/mol. The summed E-state index contributed by atoms with van der Waals surface area (Å²) in [4.78, 5) is 0. The zero-order chi connectivity index (χ0) is 11.6. The molecule has 0 unspecified atom stereocenters. The van der Waals surface area contributed by atoms with Gasteiger partial charge in [-0.2, -0.15) is 0 Å². The molecule has 0 aromatic heterocycles. The molecule has 0 aliphatic heterocycles. The van der Waals surface area contributed by atoms with E-state index in [4.69, 9.17) is 10.8 Å². The van der Waals surface area contributed by atoms with Crippen LogP contribution in [0.4, 0.5) is 13.2 Å². The lowest BCUT2D eigenvalue weighted by atomic mass is 9.97. The van der Waals surface area contributed by atoms with E-state index in [1.165, 1.54) is 25.1 Å². The van der Waals surface area contributed by atoms with E-state index in [-0.39, 0.29) is 23.5 Å². The topological polar surface area (TPSA) is 46.2 Å². The Morgan fingerprint density at radius 1 is 1.44 bits per heavy atom. The molecule has 0 radical (unpaired) electrons. The Hall–Kier alpha value is -0.780. The second-order valence-electron chi connectivity index (χ2n) is 3.35. The van der Waals surface area contributed by atoms with E-state index in [9.17, 15) is 13.2 Å². The van der Waals surface area contributed by atoms with Gasteiger partial charge in [-0.1, -0.05) is 12.1 Å². The second kappa shape index (κ2) is 5.52. The van der Waals surface area contributed by atoms with Crippen LogP contribution in [0.5, 0.6) is 0 Å². The van der Waals surface area contributed by atoms with Crippen LogP contribution in [0.3, 0.4) is 0 Å². The highest BCUT2D eigenvalue weighted by Crippen LogP contribution is 2.31. The van der Waals surface area contributed by atoms with E-state index in [1.807, 2.05) is 0 Å². The number of alkyl halides is 2. The van der Waals surface area contributed by atoms with Crippen molar-refractivity contribution in [3.05, 3.63) is 35.1 Å². The predicted octanol–water partition coefficient (Wildman–Crippen LogP) is 2.18. The Morgan fingerprint density at radius 2 is 2.00 bits per heavy atom. The highest BCUT2D eigenvalue weighted by atomic mass is 35.5. The molecular weight excluding hydrogens is 243 g/mol. The van der Waals surface area contributed by atoms with E-state index >= 15 is 0 Å². The molecule has 1 aromatic carbocycles. The van der Waals surface area contributed by atoms with Gasteiger partial charge in [0.2, 0.25) is 0 Å². The van der Waals surface area contributed by atoms with Crippen molar-refractivity contribution in [3.8, 4) is 0 Å². The zero-order valence-corrected chi connectivity index (χ0v) is 9.40. The van der Waals surface area contributed by atoms with Crippen LogP contribution in [-0.2, 0) is 0 Å². The average molecular weight is 256 g/mol. The molecule has 1 rings (SSSR count). The van der Waals surface area contributed by atoms with Gasteiger partial charge in [-0.15, -0.1) is 12.4 Å². The number of aliphatic hydroxyl groups excluding tert-OH is 1. The van der Waals surface area contributed by atoms with E-state index in [1.54, 1.807) is 0 Å². The fraction of sp³-hybridized carbons (Fsp3) is 0.400. The van der Waals surface area contributed by atoms with Gasteiger partial charge in [0.05, 0.1) is 6.04 Å². The third-order valence-corrected chi connectivity index (χ3v) is 2.31. The standard InChI is InChI=1S/C10H12F3NO.ClH/c1-6-7(3-2-4-8(6)11)9(14)10(12,13)5-15;/h2-4,9,15H,5,14H2,1H3;1H/t9-;/m1./s1. The van der Waals surface area contributed by atoms with Gasteiger partial charge >= 0.3 is 0 Å². The maximum absolute atomic E-state index is 13.1. The summed E-state index contributed by atoms with van der Waals surface area (Å²) in [5.74, 6) is -4.03. The van der Waals surface area contributed by atoms with Gasteiger partial charge < -0.3 is 10.8 Å². The molecule has 16 heavy (non-hydrogen) atoms. The number of halogens is 4. The van der Waals surface area contributed by atoms with Crippen LogP contribution in [0.2, 0.25) is 0 Å². The monoisotopic (exact) mass is 255 g/mol. The molecule has 3 N–H and O–H groups in total. The van der Waals surface area contributed by atoms with Crippen LogP contribution >= 0.6 is 12.4 Å². The van der Waals surface area contributed by atoms with Crippen molar-refractivity contribution in [1.29, 1.82) is 0 Å². The molecule has 0 saturated heterocycles. The molecular formula is C10H13ClF3NO. The van der Waals surface area contributed by atoms with Gasteiger partial charge in [-0.05, 0) is 24.1 Å². The molecule has 1 atom stereocenters. The molecule has 0 fully saturated rings. The molecule has 0 saturated carbocycles. The van der Waals surface area contributed by atoms with Gasteiger partial charge in [0.15, 0.2) is 0 Å². The first-order valence-corrected chi connectivity index (χ1v) is 4.39. The molecule has 0 amide bonds. The Labute approximate surface area is 97.7 Å². The summed E-state index contributed by atoms with van der Waals surface area (Å²) in [6, 6.07) is 2.11. The molecule has 1 aromatic rings. The third-order valence-electron chi connectivity index (χ3n) is 2.31. The molecule has 0 aliphatic carbocycles. The fourth-order valence-corrected chi connectivity index (χ4v) is 1.29. The van der Waals surface area contributed by atoms with Gasteiger partial charge in [0.1, 0.15) is 12.4 Å². The smallest absolute Gasteiger partial charge is 0.289 e. The lowest BCUT2D eigenvalue weighted by Crippen LogP contribution is -2.36. The van der Waals surface area contributed by atoms with E-state index in [2.05, 4.69) is 0 Å². The number of nitrogens with two attached hydrogens (primary N) is 1. The lowest BCUT2D eigenvalue weighted by Gasteiger charge is -2.23. The largest absolute Gasteiger partial charge is 0.390 e. The first-order valence-electron chi connectivity index (χ1n) is 4.39. The number of hydrogen-bond donors (Lipinski definition) is 2. The van der Waals surface area contributed by atoms with Crippen LogP contribution in [0.25, 0.3) is 0 Å². The van der Waals surface area contributed by atoms with Crippen molar-refractivity contribution in [2.24, 2.45) is 5.73 Å². The average Bonchev–Trinajstić information content (AvgIpc) is 2.21. The van der Waals surface area contributed by atoms with Crippen molar-refractivity contribution in [2.45, 2.75) is 18.9 Å². The van der Waals surface area contributed by atoms with E-state index < -0.39 is 24.4 Å². The quantitative estimate of drug-likeness (QED) is 0.870. The van der Waals surface area contributed by atoms with Gasteiger partial charge in [0.25, 0.3) is 5.92 Å². The molecule has 2 nitrogen and oxygen atoms in total. The minimum Gasteiger partial charge on any atom is -0.390 e. The zero-order valence-electron chi connectivity index (χ0n) is 8.58. The van der Waals surface area contributed by atoms with Gasteiger partial charge in [-0.3, -0.25) is 0 Å². The fourth-order valence-electron chi connectivity index (χ4n) is 1.29.